The highest BCUT2D eigenvalue weighted by Crippen LogP contribution is 2.26. The van der Waals surface area contributed by atoms with E-state index >= 15 is 0 Å². The fourth-order valence-electron chi connectivity index (χ4n) is 2.97. The first-order valence-electron chi connectivity index (χ1n) is 7.98. The van der Waals surface area contributed by atoms with Crippen LogP contribution in [0, 0.1) is 19.8 Å². The van der Waals surface area contributed by atoms with E-state index in [0.717, 1.165) is 11.3 Å². The number of rotatable bonds is 4. The lowest BCUT2D eigenvalue weighted by molar-refractivity contribution is -0.135. The van der Waals surface area contributed by atoms with E-state index in [4.69, 9.17) is 4.52 Å². The third-order valence-corrected chi connectivity index (χ3v) is 4.27. The summed E-state index contributed by atoms with van der Waals surface area (Å²) in [7, 11) is 1.73. The van der Waals surface area contributed by atoms with Crippen LogP contribution in [0.5, 0.6) is 0 Å². The van der Waals surface area contributed by atoms with E-state index in [2.05, 4.69) is 5.16 Å². The Balaban J connectivity index is 1.66. The van der Waals surface area contributed by atoms with Crippen molar-refractivity contribution in [1.29, 1.82) is 0 Å². The summed E-state index contributed by atoms with van der Waals surface area (Å²) in [4.78, 5) is 28.2. The molecule has 0 N–H and O–H groups in total. The third kappa shape index (κ3) is 3.32. The van der Waals surface area contributed by atoms with Crippen molar-refractivity contribution in [2.45, 2.75) is 26.8 Å². The minimum atomic E-state index is -0.322. The fraction of sp³-hybridized carbons (Fsp3) is 0.389. The summed E-state index contributed by atoms with van der Waals surface area (Å²) in [5, 5.41) is 3.90. The zero-order valence-corrected chi connectivity index (χ0v) is 14.2. The van der Waals surface area contributed by atoms with Gasteiger partial charge in [-0.05, 0) is 26.0 Å². The highest BCUT2D eigenvalue weighted by molar-refractivity contribution is 6.00. The zero-order valence-electron chi connectivity index (χ0n) is 14.2. The molecule has 2 heterocycles. The third-order valence-electron chi connectivity index (χ3n) is 4.27. The maximum absolute atomic E-state index is 12.6. The quantitative estimate of drug-likeness (QED) is 0.864. The number of aromatic nitrogens is 1. The summed E-state index contributed by atoms with van der Waals surface area (Å²) in [6, 6.07) is 9.58. The van der Waals surface area contributed by atoms with Crippen molar-refractivity contribution < 1.29 is 14.1 Å². The van der Waals surface area contributed by atoms with Crippen LogP contribution in [-0.2, 0) is 16.1 Å². The van der Waals surface area contributed by atoms with Gasteiger partial charge in [0, 0.05) is 31.8 Å². The Morgan fingerprint density at radius 1 is 1.33 bits per heavy atom. The van der Waals surface area contributed by atoms with E-state index in [-0.39, 0.29) is 24.2 Å². The number of nitrogens with zero attached hydrogens (tertiary/aromatic N) is 3. The Kier molecular flexibility index (Phi) is 4.38. The molecular formula is C18H21N3O3. The summed E-state index contributed by atoms with van der Waals surface area (Å²) in [5.74, 6) is 0.339. The second-order valence-electron chi connectivity index (χ2n) is 6.36. The van der Waals surface area contributed by atoms with Crippen molar-refractivity contribution in [3.63, 3.8) is 0 Å². The maximum Gasteiger partial charge on any atom is 0.228 e. The van der Waals surface area contributed by atoms with Crippen LogP contribution in [-0.4, -0.2) is 35.5 Å². The molecule has 1 aliphatic heterocycles. The molecule has 1 atom stereocenters. The van der Waals surface area contributed by atoms with Gasteiger partial charge in [-0.3, -0.25) is 9.59 Å². The Hall–Kier alpha value is -2.63. The van der Waals surface area contributed by atoms with Gasteiger partial charge < -0.3 is 14.3 Å². The normalized spacial score (nSPS) is 17.4. The molecule has 0 saturated carbocycles. The van der Waals surface area contributed by atoms with Crippen LogP contribution in [0.2, 0.25) is 0 Å². The van der Waals surface area contributed by atoms with Gasteiger partial charge in [-0.15, -0.1) is 0 Å². The molecule has 2 amide bonds. The molecule has 3 rings (SSSR count). The van der Waals surface area contributed by atoms with Gasteiger partial charge in [0.15, 0.2) is 0 Å². The Morgan fingerprint density at radius 3 is 2.67 bits per heavy atom. The molecule has 1 aromatic carbocycles. The average molecular weight is 327 g/mol. The molecule has 1 aliphatic rings. The van der Waals surface area contributed by atoms with Crippen molar-refractivity contribution in [2.75, 3.05) is 18.5 Å². The van der Waals surface area contributed by atoms with Gasteiger partial charge in [0.05, 0.1) is 12.5 Å². The van der Waals surface area contributed by atoms with E-state index < -0.39 is 0 Å². The molecule has 6 heteroatoms. The van der Waals surface area contributed by atoms with Crippen LogP contribution in [0.1, 0.15) is 23.4 Å². The Labute approximate surface area is 141 Å². The van der Waals surface area contributed by atoms with E-state index in [1.807, 2.05) is 44.2 Å². The van der Waals surface area contributed by atoms with Gasteiger partial charge in [0.1, 0.15) is 11.5 Å². The van der Waals surface area contributed by atoms with Crippen LogP contribution in [0.15, 0.2) is 34.9 Å². The number of amides is 2. The van der Waals surface area contributed by atoms with Gasteiger partial charge in [-0.2, -0.15) is 0 Å². The summed E-state index contributed by atoms with van der Waals surface area (Å²) in [6.07, 6.45) is 0.245. The number of hydrogen-bond acceptors (Lipinski definition) is 4. The largest absolute Gasteiger partial charge is 0.361 e. The molecule has 2 aromatic rings. The lowest BCUT2D eigenvalue weighted by Crippen LogP contribution is -2.34. The number of benzene rings is 1. The molecule has 1 fully saturated rings. The molecule has 1 saturated heterocycles. The summed E-state index contributed by atoms with van der Waals surface area (Å²) in [6.45, 7) is 4.62. The van der Waals surface area contributed by atoms with Gasteiger partial charge in [0.25, 0.3) is 0 Å². The number of anilines is 1. The Morgan fingerprint density at radius 2 is 2.04 bits per heavy atom. The number of aryl methyl sites for hydroxylation is 2. The second-order valence-corrected chi connectivity index (χ2v) is 6.36. The fourth-order valence-corrected chi connectivity index (χ4v) is 2.97. The van der Waals surface area contributed by atoms with Gasteiger partial charge in [0.2, 0.25) is 11.8 Å². The van der Waals surface area contributed by atoms with Crippen molar-refractivity contribution in [3.05, 3.63) is 47.3 Å². The molecule has 1 unspecified atom stereocenters. The lowest BCUT2D eigenvalue weighted by atomic mass is 10.1. The van der Waals surface area contributed by atoms with Crippen LogP contribution in [0.3, 0.4) is 0 Å². The van der Waals surface area contributed by atoms with E-state index in [0.29, 0.717) is 24.5 Å². The molecule has 0 bridgehead atoms. The number of carbonyl (C=O) groups is 2. The molecule has 0 radical (unpaired) electrons. The first-order chi connectivity index (χ1) is 11.4. The minimum absolute atomic E-state index is 0.0112. The molecule has 6 nitrogen and oxygen atoms in total. The van der Waals surface area contributed by atoms with Crippen LogP contribution in [0.4, 0.5) is 5.69 Å². The smallest absolute Gasteiger partial charge is 0.228 e. The minimum Gasteiger partial charge on any atom is -0.361 e. The van der Waals surface area contributed by atoms with Crippen molar-refractivity contribution >= 4 is 17.5 Å². The van der Waals surface area contributed by atoms with Crippen molar-refractivity contribution in [1.82, 2.24) is 10.1 Å². The monoisotopic (exact) mass is 327 g/mol. The highest BCUT2D eigenvalue weighted by Gasteiger charge is 2.36. The molecule has 24 heavy (non-hydrogen) atoms. The van der Waals surface area contributed by atoms with Crippen LogP contribution >= 0.6 is 0 Å². The first-order valence-corrected chi connectivity index (χ1v) is 7.98. The van der Waals surface area contributed by atoms with E-state index in [9.17, 15) is 9.59 Å². The van der Waals surface area contributed by atoms with Gasteiger partial charge in [-0.1, -0.05) is 22.9 Å². The van der Waals surface area contributed by atoms with Crippen molar-refractivity contribution in [3.8, 4) is 0 Å². The maximum atomic E-state index is 12.6. The van der Waals surface area contributed by atoms with Gasteiger partial charge >= 0.3 is 0 Å². The van der Waals surface area contributed by atoms with Crippen LogP contribution in [0.25, 0.3) is 0 Å². The SMILES string of the molecule is Cc1ccc(N2CC(C(=O)N(C)Cc3cc(C)on3)CC2=O)cc1. The molecule has 0 aliphatic carbocycles. The first kappa shape index (κ1) is 16.2. The van der Waals surface area contributed by atoms with Crippen LogP contribution < -0.4 is 4.90 Å². The second kappa shape index (κ2) is 6.47. The summed E-state index contributed by atoms with van der Waals surface area (Å²) >= 11 is 0. The van der Waals surface area contributed by atoms with Gasteiger partial charge in [-0.25, -0.2) is 0 Å². The standard InChI is InChI=1S/C18H21N3O3/c1-12-4-6-16(7-5-12)21-10-14(9-17(21)22)18(23)20(3)11-15-8-13(2)24-19-15/h4-8,14H,9-11H2,1-3H3. The Bertz CT molecular complexity index is 751. The predicted molar refractivity (Wildman–Crippen MR) is 89.4 cm³/mol. The average Bonchev–Trinajstić information content (AvgIpc) is 3.13. The number of hydrogen-bond donors (Lipinski definition) is 0. The van der Waals surface area contributed by atoms with E-state index in [1.165, 1.54) is 0 Å². The summed E-state index contributed by atoms with van der Waals surface area (Å²) < 4.78 is 5.02. The molecule has 126 valence electrons. The topological polar surface area (TPSA) is 66.7 Å². The molecule has 1 aromatic heterocycles. The van der Waals surface area contributed by atoms with Crippen molar-refractivity contribution in [2.24, 2.45) is 5.92 Å². The molecule has 0 spiro atoms. The van der Waals surface area contributed by atoms with E-state index in [1.54, 1.807) is 16.8 Å². The number of carbonyl (C=O) groups excluding carboxylic acids is 2. The molecular weight excluding hydrogens is 306 g/mol. The summed E-state index contributed by atoms with van der Waals surface area (Å²) in [5.41, 5.74) is 2.69. The highest BCUT2D eigenvalue weighted by atomic mass is 16.5. The predicted octanol–water partition coefficient (Wildman–Crippen LogP) is 2.30. The lowest BCUT2D eigenvalue weighted by Gasteiger charge is -2.20. The zero-order chi connectivity index (χ0) is 17.3.